The highest BCUT2D eigenvalue weighted by atomic mass is 35.5. The molecular weight excluding hydrogens is 384 g/mol. The lowest BCUT2D eigenvalue weighted by molar-refractivity contribution is -0.154. The van der Waals surface area contributed by atoms with E-state index in [0.717, 1.165) is 48.7 Å². The zero-order valence-electron chi connectivity index (χ0n) is 17.2. The summed E-state index contributed by atoms with van der Waals surface area (Å²) in [7, 11) is 0. The maximum atomic E-state index is 13.7. The van der Waals surface area contributed by atoms with Crippen molar-refractivity contribution in [1.82, 2.24) is 9.80 Å². The summed E-state index contributed by atoms with van der Waals surface area (Å²) in [5, 5.41) is 10.6. The highest BCUT2D eigenvalue weighted by Crippen LogP contribution is 2.58. The van der Waals surface area contributed by atoms with E-state index in [4.69, 9.17) is 11.6 Å². The lowest BCUT2D eigenvalue weighted by atomic mass is 9.52. The number of nitrogens with zero attached hydrogens (tertiary/aromatic N) is 2. The van der Waals surface area contributed by atoms with Gasteiger partial charge in [-0.1, -0.05) is 23.7 Å². The van der Waals surface area contributed by atoms with Crippen LogP contribution in [0.25, 0.3) is 0 Å². The molecular formula is C24H33ClN2O2. The van der Waals surface area contributed by atoms with E-state index in [1.165, 1.54) is 44.1 Å². The Morgan fingerprint density at radius 1 is 1.03 bits per heavy atom. The Morgan fingerprint density at radius 2 is 1.59 bits per heavy atom. The van der Waals surface area contributed by atoms with Crippen LogP contribution in [0.4, 0.5) is 0 Å². The second-order valence-corrected chi connectivity index (χ2v) is 10.7. The monoisotopic (exact) mass is 416 g/mol. The molecule has 1 aromatic rings. The molecule has 5 fully saturated rings. The number of hydrogen-bond donors (Lipinski definition) is 1. The molecule has 0 unspecified atom stereocenters. The van der Waals surface area contributed by atoms with Gasteiger partial charge in [-0.15, -0.1) is 0 Å². The van der Waals surface area contributed by atoms with Crippen LogP contribution >= 0.6 is 11.6 Å². The maximum absolute atomic E-state index is 13.7. The predicted octanol–water partition coefficient (Wildman–Crippen LogP) is 4.09. The first kappa shape index (κ1) is 19.8. The molecule has 4 saturated carbocycles. The average Bonchev–Trinajstić information content (AvgIpc) is 2.68. The van der Waals surface area contributed by atoms with E-state index in [0.29, 0.717) is 13.1 Å². The van der Waals surface area contributed by atoms with Crippen molar-refractivity contribution in [3.05, 3.63) is 34.9 Å². The van der Waals surface area contributed by atoms with E-state index in [-0.39, 0.29) is 17.6 Å². The molecule has 4 bridgehead atoms. The number of carbonyl (C=O) groups is 1. The van der Waals surface area contributed by atoms with Gasteiger partial charge in [-0.3, -0.25) is 9.69 Å². The molecule has 0 spiro atoms. The minimum Gasteiger partial charge on any atom is -0.393 e. The van der Waals surface area contributed by atoms with Crippen LogP contribution in [0.15, 0.2) is 24.3 Å². The fourth-order valence-corrected chi connectivity index (χ4v) is 7.17. The van der Waals surface area contributed by atoms with Crippen LogP contribution < -0.4 is 0 Å². The van der Waals surface area contributed by atoms with Crippen LogP contribution in [-0.4, -0.2) is 52.1 Å². The van der Waals surface area contributed by atoms with Gasteiger partial charge in [0.15, 0.2) is 0 Å². The number of rotatable bonds is 5. The van der Waals surface area contributed by atoms with E-state index < -0.39 is 0 Å². The van der Waals surface area contributed by atoms with Gasteiger partial charge in [-0.2, -0.15) is 0 Å². The van der Waals surface area contributed by atoms with E-state index in [9.17, 15) is 9.90 Å². The number of halogens is 1. The third-order valence-electron chi connectivity index (χ3n) is 8.05. The molecule has 4 nitrogen and oxygen atoms in total. The second kappa shape index (κ2) is 7.86. The number of amides is 1. The molecule has 1 heterocycles. The van der Waals surface area contributed by atoms with Crippen LogP contribution in [0, 0.1) is 17.8 Å². The summed E-state index contributed by atoms with van der Waals surface area (Å²) in [6, 6.07) is 8.01. The molecule has 0 radical (unpaired) electrons. The van der Waals surface area contributed by atoms with E-state index in [2.05, 4.69) is 21.9 Å². The molecule has 5 heteroatoms. The van der Waals surface area contributed by atoms with Crippen LogP contribution in [-0.2, 0) is 11.3 Å². The van der Waals surface area contributed by atoms with Gasteiger partial charge >= 0.3 is 0 Å². The highest BCUT2D eigenvalue weighted by molar-refractivity contribution is 6.30. The Hall–Kier alpha value is -1.10. The van der Waals surface area contributed by atoms with Gasteiger partial charge in [0, 0.05) is 30.2 Å². The summed E-state index contributed by atoms with van der Waals surface area (Å²) in [6.07, 6.45) is 9.08. The molecule has 0 atom stereocenters. The first-order chi connectivity index (χ1) is 14.0. The van der Waals surface area contributed by atoms with Gasteiger partial charge in [0.05, 0.1) is 12.6 Å². The average molecular weight is 417 g/mol. The number of likely N-dealkylation sites (tertiary alicyclic amines) is 1. The van der Waals surface area contributed by atoms with Crippen molar-refractivity contribution < 1.29 is 9.90 Å². The fraction of sp³-hybridized carbons (Fsp3) is 0.708. The molecule has 29 heavy (non-hydrogen) atoms. The van der Waals surface area contributed by atoms with Gasteiger partial charge in [0.25, 0.3) is 0 Å². The molecule has 4 aliphatic carbocycles. The van der Waals surface area contributed by atoms with Crippen molar-refractivity contribution in [1.29, 1.82) is 0 Å². The largest absolute Gasteiger partial charge is 0.393 e. The van der Waals surface area contributed by atoms with E-state index >= 15 is 0 Å². The van der Waals surface area contributed by atoms with Gasteiger partial charge in [-0.05, 0) is 86.8 Å². The smallest absolute Gasteiger partial charge is 0.237 e. The minimum absolute atomic E-state index is 0.0563. The number of piperidine rings is 1. The van der Waals surface area contributed by atoms with E-state index in [1.54, 1.807) is 0 Å². The zero-order chi connectivity index (χ0) is 20.0. The molecule has 1 aliphatic heterocycles. The summed E-state index contributed by atoms with van der Waals surface area (Å²) in [5.74, 6) is 2.71. The van der Waals surface area contributed by atoms with Crippen LogP contribution in [0.1, 0.15) is 56.9 Å². The Morgan fingerprint density at radius 3 is 2.14 bits per heavy atom. The van der Waals surface area contributed by atoms with Gasteiger partial charge < -0.3 is 10.0 Å². The maximum Gasteiger partial charge on any atom is 0.237 e. The summed E-state index contributed by atoms with van der Waals surface area (Å²) in [6.45, 7) is 2.83. The first-order valence-electron chi connectivity index (χ1n) is 11.4. The normalized spacial score (nSPS) is 34.5. The Kier molecular flexibility index (Phi) is 5.38. The third-order valence-corrected chi connectivity index (χ3v) is 8.30. The topological polar surface area (TPSA) is 43.8 Å². The molecule has 1 saturated heterocycles. The standard InChI is InChI=1S/C24H33ClN2O2/c25-21-3-1-17(2-4-21)15-27(23(29)16-26-7-5-22(28)6-8-26)24-12-18-9-19(13-24)11-20(10-18)14-24/h1-4,18-20,22,28H,5-16H2. The SMILES string of the molecule is O=C(CN1CCC(O)CC1)N(Cc1ccc(Cl)cc1)C12CC3CC(CC(C3)C1)C2. The van der Waals surface area contributed by atoms with Crippen molar-refractivity contribution in [3.63, 3.8) is 0 Å². The first-order valence-corrected chi connectivity index (χ1v) is 11.8. The Balaban J connectivity index is 1.38. The van der Waals surface area contributed by atoms with Gasteiger partial charge in [0.1, 0.15) is 0 Å². The van der Waals surface area contributed by atoms with Crippen molar-refractivity contribution in [2.24, 2.45) is 17.8 Å². The fourth-order valence-electron chi connectivity index (χ4n) is 7.04. The van der Waals surface area contributed by atoms with Crippen molar-refractivity contribution in [3.8, 4) is 0 Å². The van der Waals surface area contributed by atoms with Crippen molar-refractivity contribution in [2.45, 2.75) is 69.6 Å². The summed E-state index contributed by atoms with van der Waals surface area (Å²) in [4.78, 5) is 18.2. The highest BCUT2D eigenvalue weighted by Gasteiger charge is 2.54. The number of carbonyl (C=O) groups excluding carboxylic acids is 1. The molecule has 158 valence electrons. The zero-order valence-corrected chi connectivity index (χ0v) is 18.0. The summed E-state index contributed by atoms with van der Waals surface area (Å²) in [5.41, 5.74) is 1.23. The van der Waals surface area contributed by atoms with Crippen LogP contribution in [0.3, 0.4) is 0 Å². The lowest BCUT2D eigenvalue weighted by Crippen LogP contribution is -2.62. The Labute approximate surface area is 179 Å². The number of aliphatic hydroxyl groups excluding tert-OH is 1. The molecule has 1 N–H and O–H groups in total. The number of aliphatic hydroxyl groups is 1. The van der Waals surface area contributed by atoms with E-state index in [1.807, 2.05) is 12.1 Å². The van der Waals surface area contributed by atoms with Gasteiger partial charge in [0.2, 0.25) is 5.91 Å². The summed E-state index contributed by atoms with van der Waals surface area (Å²) >= 11 is 6.10. The molecule has 0 aromatic heterocycles. The van der Waals surface area contributed by atoms with Gasteiger partial charge in [-0.25, -0.2) is 0 Å². The lowest BCUT2D eigenvalue weighted by Gasteiger charge is -2.60. The third kappa shape index (κ3) is 4.08. The summed E-state index contributed by atoms with van der Waals surface area (Å²) < 4.78 is 0. The molecule has 6 rings (SSSR count). The predicted molar refractivity (Wildman–Crippen MR) is 115 cm³/mol. The van der Waals surface area contributed by atoms with Crippen molar-refractivity contribution in [2.75, 3.05) is 19.6 Å². The Bertz CT molecular complexity index is 706. The number of hydrogen-bond acceptors (Lipinski definition) is 3. The van der Waals surface area contributed by atoms with Crippen LogP contribution in [0.2, 0.25) is 5.02 Å². The quantitative estimate of drug-likeness (QED) is 0.786. The molecule has 1 aromatic carbocycles. The van der Waals surface area contributed by atoms with Crippen LogP contribution in [0.5, 0.6) is 0 Å². The molecule has 5 aliphatic rings. The molecule has 1 amide bonds. The van der Waals surface area contributed by atoms with Crippen molar-refractivity contribution >= 4 is 17.5 Å². The minimum atomic E-state index is -0.199. The number of benzene rings is 1. The second-order valence-electron chi connectivity index (χ2n) is 10.3.